The first-order valence-corrected chi connectivity index (χ1v) is 7.95. The van der Waals surface area contributed by atoms with Gasteiger partial charge in [0.15, 0.2) is 0 Å². The lowest BCUT2D eigenvalue weighted by molar-refractivity contribution is -0.480. The SMILES string of the molecule is O=[N+]([O-])CC(Sc1ccc(Cl)cc1)C1CCCCC1. The van der Waals surface area contributed by atoms with E-state index in [1.807, 2.05) is 24.3 Å². The largest absolute Gasteiger partial charge is 0.265 e. The Morgan fingerprint density at radius 2 is 1.89 bits per heavy atom. The topological polar surface area (TPSA) is 43.1 Å². The van der Waals surface area contributed by atoms with Gasteiger partial charge in [-0.25, -0.2) is 0 Å². The fraction of sp³-hybridized carbons (Fsp3) is 0.571. The minimum Gasteiger partial charge on any atom is -0.265 e. The molecule has 3 nitrogen and oxygen atoms in total. The molecule has 1 fully saturated rings. The number of hydrogen-bond donors (Lipinski definition) is 0. The molecule has 0 radical (unpaired) electrons. The lowest BCUT2D eigenvalue weighted by Gasteiger charge is -2.27. The number of halogens is 1. The molecular weight excluding hydrogens is 282 g/mol. The van der Waals surface area contributed by atoms with Crippen LogP contribution < -0.4 is 0 Å². The van der Waals surface area contributed by atoms with E-state index in [0.717, 1.165) is 17.7 Å². The quantitative estimate of drug-likeness (QED) is 0.451. The summed E-state index contributed by atoms with van der Waals surface area (Å²) in [4.78, 5) is 11.8. The zero-order valence-electron chi connectivity index (χ0n) is 10.8. The van der Waals surface area contributed by atoms with Gasteiger partial charge in [0.1, 0.15) is 0 Å². The minimum absolute atomic E-state index is 0.0535. The average Bonchev–Trinajstić information content (AvgIpc) is 2.41. The predicted molar refractivity (Wildman–Crippen MR) is 79.5 cm³/mol. The third-order valence-electron chi connectivity index (χ3n) is 3.61. The Morgan fingerprint density at radius 3 is 2.47 bits per heavy atom. The molecule has 0 spiro atoms. The van der Waals surface area contributed by atoms with Crippen molar-refractivity contribution in [2.45, 2.75) is 42.2 Å². The molecule has 0 N–H and O–H groups in total. The Labute approximate surface area is 122 Å². The first-order chi connectivity index (χ1) is 9.15. The van der Waals surface area contributed by atoms with Crippen molar-refractivity contribution in [2.24, 2.45) is 5.92 Å². The van der Waals surface area contributed by atoms with Crippen LogP contribution in [0.25, 0.3) is 0 Å². The van der Waals surface area contributed by atoms with Crippen LogP contribution in [0.4, 0.5) is 0 Å². The molecule has 0 bridgehead atoms. The van der Waals surface area contributed by atoms with Crippen LogP contribution in [0.3, 0.4) is 0 Å². The zero-order chi connectivity index (χ0) is 13.7. The van der Waals surface area contributed by atoms with E-state index in [1.165, 1.54) is 19.3 Å². The van der Waals surface area contributed by atoms with Gasteiger partial charge < -0.3 is 0 Å². The normalized spacial score (nSPS) is 18.2. The Balaban J connectivity index is 2.03. The van der Waals surface area contributed by atoms with Crippen LogP contribution in [-0.2, 0) is 0 Å². The van der Waals surface area contributed by atoms with E-state index in [0.29, 0.717) is 10.9 Å². The molecule has 0 aliphatic heterocycles. The van der Waals surface area contributed by atoms with Crippen molar-refractivity contribution < 1.29 is 4.92 Å². The summed E-state index contributed by atoms with van der Waals surface area (Å²) in [5, 5.41) is 11.6. The van der Waals surface area contributed by atoms with Gasteiger partial charge in [0.05, 0.1) is 5.25 Å². The fourth-order valence-corrected chi connectivity index (χ4v) is 4.05. The summed E-state index contributed by atoms with van der Waals surface area (Å²) in [7, 11) is 0. The minimum atomic E-state index is -0.178. The van der Waals surface area contributed by atoms with Crippen LogP contribution >= 0.6 is 23.4 Å². The van der Waals surface area contributed by atoms with E-state index in [2.05, 4.69) is 0 Å². The van der Waals surface area contributed by atoms with Crippen LogP contribution in [0, 0.1) is 16.0 Å². The molecule has 1 aromatic carbocycles. The lowest BCUT2D eigenvalue weighted by atomic mass is 9.87. The summed E-state index contributed by atoms with van der Waals surface area (Å²) < 4.78 is 0. The standard InChI is InChI=1S/C14H18ClNO2S/c15-12-6-8-13(9-7-12)19-14(10-16(17)18)11-4-2-1-3-5-11/h6-9,11,14H,1-5,10H2. The zero-order valence-corrected chi connectivity index (χ0v) is 12.3. The second kappa shape index (κ2) is 7.15. The van der Waals surface area contributed by atoms with Crippen molar-refractivity contribution in [1.29, 1.82) is 0 Å². The molecule has 2 rings (SSSR count). The molecule has 104 valence electrons. The molecular formula is C14H18ClNO2S. The van der Waals surface area contributed by atoms with Gasteiger partial charge in [-0.05, 0) is 43.0 Å². The molecule has 1 saturated carbocycles. The van der Waals surface area contributed by atoms with Gasteiger partial charge in [-0.1, -0.05) is 30.9 Å². The van der Waals surface area contributed by atoms with Gasteiger partial charge in [-0.2, -0.15) is 0 Å². The van der Waals surface area contributed by atoms with Crippen molar-refractivity contribution in [2.75, 3.05) is 6.54 Å². The maximum atomic E-state index is 10.9. The Hall–Kier alpha value is -0.740. The molecule has 0 amide bonds. The Kier molecular flexibility index (Phi) is 5.52. The van der Waals surface area contributed by atoms with Crippen LogP contribution in [0.1, 0.15) is 32.1 Å². The molecule has 0 heterocycles. The predicted octanol–water partition coefficient (Wildman–Crippen LogP) is 4.66. The molecule has 0 aromatic heterocycles. The molecule has 1 atom stereocenters. The second-order valence-corrected chi connectivity index (χ2v) is 6.77. The number of nitro groups is 1. The van der Waals surface area contributed by atoms with Crippen LogP contribution in [0.15, 0.2) is 29.2 Å². The monoisotopic (exact) mass is 299 g/mol. The van der Waals surface area contributed by atoms with Gasteiger partial charge in [0, 0.05) is 14.8 Å². The summed E-state index contributed by atoms with van der Waals surface area (Å²) in [6.07, 6.45) is 5.94. The molecule has 1 aliphatic rings. The summed E-state index contributed by atoms with van der Waals surface area (Å²) in [5.74, 6) is 0.472. The van der Waals surface area contributed by atoms with Gasteiger partial charge in [0.25, 0.3) is 0 Å². The number of hydrogen-bond acceptors (Lipinski definition) is 3. The molecule has 5 heteroatoms. The van der Waals surface area contributed by atoms with E-state index in [-0.39, 0.29) is 16.7 Å². The maximum absolute atomic E-state index is 10.9. The molecule has 1 unspecified atom stereocenters. The molecule has 0 saturated heterocycles. The third-order valence-corrected chi connectivity index (χ3v) is 5.24. The van der Waals surface area contributed by atoms with Gasteiger partial charge in [-0.15, -0.1) is 11.8 Å². The van der Waals surface area contributed by atoms with Crippen molar-refractivity contribution in [3.8, 4) is 0 Å². The summed E-state index contributed by atoms with van der Waals surface area (Å²) >= 11 is 7.50. The lowest BCUT2D eigenvalue weighted by Crippen LogP contribution is -2.27. The van der Waals surface area contributed by atoms with Gasteiger partial charge in [-0.3, -0.25) is 10.1 Å². The van der Waals surface area contributed by atoms with Crippen molar-refractivity contribution in [1.82, 2.24) is 0 Å². The number of benzene rings is 1. The molecule has 19 heavy (non-hydrogen) atoms. The van der Waals surface area contributed by atoms with E-state index < -0.39 is 0 Å². The van der Waals surface area contributed by atoms with Crippen LogP contribution in [0.2, 0.25) is 5.02 Å². The van der Waals surface area contributed by atoms with Gasteiger partial charge >= 0.3 is 0 Å². The molecule has 1 aliphatic carbocycles. The highest BCUT2D eigenvalue weighted by Crippen LogP contribution is 2.36. The highest BCUT2D eigenvalue weighted by Gasteiger charge is 2.28. The summed E-state index contributed by atoms with van der Waals surface area (Å²) in [5.41, 5.74) is 0. The highest BCUT2D eigenvalue weighted by atomic mass is 35.5. The van der Waals surface area contributed by atoms with E-state index in [4.69, 9.17) is 11.6 Å². The van der Waals surface area contributed by atoms with Crippen molar-refractivity contribution >= 4 is 23.4 Å². The Bertz CT molecular complexity index is 418. The number of thioether (sulfide) groups is 1. The summed E-state index contributed by atoms with van der Waals surface area (Å²) in [6, 6.07) is 7.58. The van der Waals surface area contributed by atoms with Gasteiger partial charge in [0.2, 0.25) is 6.54 Å². The van der Waals surface area contributed by atoms with E-state index in [9.17, 15) is 10.1 Å². The maximum Gasteiger partial charge on any atom is 0.216 e. The van der Waals surface area contributed by atoms with Crippen molar-refractivity contribution in [3.05, 3.63) is 39.4 Å². The Morgan fingerprint density at radius 1 is 1.26 bits per heavy atom. The number of nitrogens with zero attached hydrogens (tertiary/aromatic N) is 1. The average molecular weight is 300 g/mol. The highest BCUT2D eigenvalue weighted by molar-refractivity contribution is 8.00. The van der Waals surface area contributed by atoms with E-state index in [1.54, 1.807) is 11.8 Å². The van der Waals surface area contributed by atoms with E-state index >= 15 is 0 Å². The number of rotatable bonds is 5. The first kappa shape index (κ1) is 14.7. The van der Waals surface area contributed by atoms with Crippen molar-refractivity contribution in [3.63, 3.8) is 0 Å². The second-order valence-electron chi connectivity index (χ2n) is 5.02. The first-order valence-electron chi connectivity index (χ1n) is 6.69. The van der Waals surface area contributed by atoms with Crippen LogP contribution in [-0.4, -0.2) is 16.7 Å². The molecule has 1 aromatic rings. The van der Waals surface area contributed by atoms with Crippen LogP contribution in [0.5, 0.6) is 0 Å². The smallest absolute Gasteiger partial charge is 0.216 e. The third kappa shape index (κ3) is 4.69. The summed E-state index contributed by atoms with van der Waals surface area (Å²) in [6.45, 7) is 0.0535. The fourth-order valence-electron chi connectivity index (χ4n) is 2.62.